The minimum Gasteiger partial charge on any atom is -0.313 e. The van der Waals surface area contributed by atoms with Gasteiger partial charge in [0.05, 0.1) is 12.6 Å². The molecule has 0 aliphatic heterocycles. The molecule has 92 valence electrons. The topological polar surface area (TPSA) is 55.6 Å². The minimum absolute atomic E-state index is 0.398. The Morgan fingerprint density at radius 3 is 2.81 bits per heavy atom. The highest BCUT2D eigenvalue weighted by Crippen LogP contribution is 2.15. The smallest absolute Gasteiger partial charge is 0.165 e. The lowest BCUT2D eigenvalue weighted by Gasteiger charge is -2.12. The van der Waals surface area contributed by atoms with Crippen LogP contribution in [0.15, 0.2) is 0 Å². The summed E-state index contributed by atoms with van der Waals surface area (Å²) in [7, 11) is 1.91. The Bertz CT molecular complexity index is 284. The molecule has 1 aromatic heterocycles. The summed E-state index contributed by atoms with van der Waals surface area (Å²) in [6, 6.07) is 0.398. The fourth-order valence-corrected chi connectivity index (χ4v) is 1.82. The molecular weight excluding hydrogens is 202 g/mol. The molecule has 0 amide bonds. The lowest BCUT2D eigenvalue weighted by atomic mass is 10.1. The molecule has 0 saturated carbocycles. The largest absolute Gasteiger partial charge is 0.313 e. The van der Waals surface area contributed by atoms with Gasteiger partial charge >= 0.3 is 0 Å². The molecule has 1 aromatic rings. The summed E-state index contributed by atoms with van der Waals surface area (Å²) in [5, 5.41) is 14.9. The zero-order valence-electron chi connectivity index (χ0n) is 10.6. The van der Waals surface area contributed by atoms with E-state index >= 15 is 0 Å². The van der Waals surface area contributed by atoms with Gasteiger partial charge in [0.2, 0.25) is 0 Å². The van der Waals surface area contributed by atoms with Crippen molar-refractivity contribution in [3.05, 3.63) is 5.82 Å². The van der Waals surface area contributed by atoms with E-state index in [2.05, 4.69) is 34.7 Å². The van der Waals surface area contributed by atoms with Crippen LogP contribution in [0.3, 0.4) is 0 Å². The highest BCUT2D eigenvalue weighted by Gasteiger charge is 2.11. The molecule has 1 heterocycles. The third-order valence-corrected chi connectivity index (χ3v) is 2.79. The molecule has 0 spiro atoms. The number of aromatic nitrogens is 4. The third kappa shape index (κ3) is 3.89. The number of unbranched alkanes of at least 4 members (excludes halogenated alkanes) is 3. The van der Waals surface area contributed by atoms with Crippen molar-refractivity contribution >= 4 is 0 Å². The molecule has 1 unspecified atom stereocenters. The van der Waals surface area contributed by atoms with Gasteiger partial charge in [-0.15, -0.1) is 5.10 Å². The van der Waals surface area contributed by atoms with Crippen molar-refractivity contribution in [2.45, 2.75) is 58.5 Å². The summed E-state index contributed by atoms with van der Waals surface area (Å²) < 4.78 is 1.93. The lowest BCUT2D eigenvalue weighted by Crippen LogP contribution is -2.16. The van der Waals surface area contributed by atoms with Crippen molar-refractivity contribution < 1.29 is 0 Å². The number of rotatable bonds is 8. The van der Waals surface area contributed by atoms with Crippen LogP contribution in [-0.2, 0) is 6.54 Å². The van der Waals surface area contributed by atoms with Crippen LogP contribution < -0.4 is 5.32 Å². The van der Waals surface area contributed by atoms with Crippen molar-refractivity contribution in [1.82, 2.24) is 25.5 Å². The van der Waals surface area contributed by atoms with Crippen LogP contribution in [0, 0.1) is 0 Å². The standard InChI is InChI=1S/C11H23N5/c1-4-5-6-7-8-10(2)16-11(9-12-3)13-14-15-16/h10,12H,4-9H2,1-3H3. The molecular formula is C11H23N5. The Balaban J connectivity index is 2.39. The molecule has 1 atom stereocenters. The van der Waals surface area contributed by atoms with Crippen molar-refractivity contribution in [3.63, 3.8) is 0 Å². The second-order valence-electron chi connectivity index (χ2n) is 4.27. The summed E-state index contributed by atoms with van der Waals surface area (Å²) in [6.45, 7) is 5.14. The van der Waals surface area contributed by atoms with Gasteiger partial charge in [0.15, 0.2) is 5.82 Å². The molecule has 0 radical (unpaired) electrons. The predicted molar refractivity (Wildman–Crippen MR) is 64.1 cm³/mol. The quantitative estimate of drug-likeness (QED) is 0.687. The number of hydrogen-bond acceptors (Lipinski definition) is 4. The van der Waals surface area contributed by atoms with E-state index in [1.807, 2.05) is 11.7 Å². The van der Waals surface area contributed by atoms with E-state index in [9.17, 15) is 0 Å². The van der Waals surface area contributed by atoms with Crippen molar-refractivity contribution in [1.29, 1.82) is 0 Å². The normalized spacial score (nSPS) is 12.9. The highest BCUT2D eigenvalue weighted by atomic mass is 15.5. The van der Waals surface area contributed by atoms with Gasteiger partial charge in [-0.2, -0.15) is 0 Å². The van der Waals surface area contributed by atoms with Gasteiger partial charge in [0.25, 0.3) is 0 Å². The van der Waals surface area contributed by atoms with E-state index in [1.54, 1.807) is 0 Å². The Morgan fingerprint density at radius 2 is 2.12 bits per heavy atom. The molecule has 5 heteroatoms. The molecule has 0 aliphatic carbocycles. The van der Waals surface area contributed by atoms with Crippen LogP contribution in [0.4, 0.5) is 0 Å². The average Bonchev–Trinajstić information content (AvgIpc) is 2.73. The van der Waals surface area contributed by atoms with Gasteiger partial charge in [-0.05, 0) is 30.8 Å². The van der Waals surface area contributed by atoms with Crippen LogP contribution in [0.2, 0.25) is 0 Å². The SMILES string of the molecule is CCCCCCC(C)n1nnnc1CNC. The number of nitrogens with zero attached hydrogens (tertiary/aromatic N) is 4. The fourth-order valence-electron chi connectivity index (χ4n) is 1.82. The third-order valence-electron chi connectivity index (χ3n) is 2.79. The maximum Gasteiger partial charge on any atom is 0.165 e. The summed E-state index contributed by atoms with van der Waals surface area (Å²) in [6.07, 6.45) is 6.33. The van der Waals surface area contributed by atoms with E-state index in [4.69, 9.17) is 0 Å². The van der Waals surface area contributed by atoms with Gasteiger partial charge in [-0.25, -0.2) is 4.68 Å². The minimum atomic E-state index is 0.398. The van der Waals surface area contributed by atoms with Crippen molar-refractivity contribution in [2.24, 2.45) is 0 Å². The molecule has 5 nitrogen and oxygen atoms in total. The lowest BCUT2D eigenvalue weighted by molar-refractivity contribution is 0.411. The van der Waals surface area contributed by atoms with Crippen molar-refractivity contribution in [3.8, 4) is 0 Å². The van der Waals surface area contributed by atoms with Crippen LogP contribution >= 0.6 is 0 Å². The second kappa shape index (κ2) is 7.33. The molecule has 0 saturated heterocycles. The number of nitrogens with one attached hydrogen (secondary N) is 1. The van der Waals surface area contributed by atoms with Gasteiger partial charge in [0, 0.05) is 0 Å². The van der Waals surface area contributed by atoms with Crippen LogP contribution in [0.25, 0.3) is 0 Å². The Kier molecular flexibility index (Phi) is 6.00. The Labute approximate surface area is 97.6 Å². The first-order valence-electron chi connectivity index (χ1n) is 6.21. The first-order valence-corrected chi connectivity index (χ1v) is 6.21. The molecule has 16 heavy (non-hydrogen) atoms. The number of hydrogen-bond donors (Lipinski definition) is 1. The zero-order chi connectivity index (χ0) is 11.8. The van der Waals surface area contributed by atoms with E-state index in [-0.39, 0.29) is 0 Å². The summed E-state index contributed by atoms with van der Waals surface area (Å²) >= 11 is 0. The maximum atomic E-state index is 4.05. The van der Waals surface area contributed by atoms with Gasteiger partial charge in [-0.1, -0.05) is 32.6 Å². The van der Waals surface area contributed by atoms with E-state index in [1.165, 1.54) is 25.7 Å². The number of tetrazole rings is 1. The Hall–Kier alpha value is -0.970. The summed E-state index contributed by atoms with van der Waals surface area (Å²) in [5.41, 5.74) is 0. The molecule has 0 bridgehead atoms. The maximum absolute atomic E-state index is 4.05. The molecule has 1 rings (SSSR count). The van der Waals surface area contributed by atoms with E-state index < -0.39 is 0 Å². The van der Waals surface area contributed by atoms with Crippen LogP contribution in [0.1, 0.15) is 57.8 Å². The van der Waals surface area contributed by atoms with Gasteiger partial charge in [0.1, 0.15) is 0 Å². The van der Waals surface area contributed by atoms with E-state index in [0.717, 1.165) is 18.8 Å². The summed E-state index contributed by atoms with van der Waals surface area (Å²) in [5.74, 6) is 0.922. The monoisotopic (exact) mass is 225 g/mol. The second-order valence-corrected chi connectivity index (χ2v) is 4.27. The molecule has 0 aromatic carbocycles. The predicted octanol–water partition coefficient (Wildman–Crippen LogP) is 1.92. The first-order chi connectivity index (χ1) is 7.79. The fraction of sp³-hybridized carbons (Fsp3) is 0.909. The Morgan fingerprint density at radius 1 is 1.31 bits per heavy atom. The molecule has 0 fully saturated rings. The summed E-state index contributed by atoms with van der Waals surface area (Å²) in [4.78, 5) is 0. The van der Waals surface area contributed by atoms with Crippen LogP contribution in [-0.4, -0.2) is 27.3 Å². The first kappa shape index (κ1) is 13.1. The van der Waals surface area contributed by atoms with Crippen LogP contribution in [0.5, 0.6) is 0 Å². The van der Waals surface area contributed by atoms with Gasteiger partial charge < -0.3 is 5.32 Å². The van der Waals surface area contributed by atoms with E-state index in [0.29, 0.717) is 6.04 Å². The van der Waals surface area contributed by atoms with Crippen molar-refractivity contribution in [2.75, 3.05) is 7.05 Å². The van der Waals surface area contributed by atoms with Gasteiger partial charge in [-0.3, -0.25) is 0 Å². The average molecular weight is 225 g/mol. The molecule has 0 aliphatic rings. The highest BCUT2D eigenvalue weighted by molar-refractivity contribution is 4.82. The zero-order valence-corrected chi connectivity index (χ0v) is 10.6. The molecule has 1 N–H and O–H groups in total.